The molecule has 1 aromatic heterocycles. The van der Waals surface area contributed by atoms with Gasteiger partial charge in [0, 0.05) is 57.9 Å². The summed E-state index contributed by atoms with van der Waals surface area (Å²) in [4.78, 5) is 18.5. The fourth-order valence-electron chi connectivity index (χ4n) is 2.91. The van der Waals surface area contributed by atoms with E-state index in [0.29, 0.717) is 19.1 Å². The molecule has 1 aliphatic heterocycles. The van der Waals surface area contributed by atoms with Crippen LogP contribution in [0.4, 0.5) is 5.69 Å². The number of piperidine rings is 1. The normalized spacial score (nSPS) is 18.6. The minimum atomic E-state index is -0.363. The van der Waals surface area contributed by atoms with Crippen molar-refractivity contribution in [2.24, 2.45) is 17.5 Å². The highest BCUT2D eigenvalue weighted by Gasteiger charge is 2.22. The Hall–Kier alpha value is -2.25. The monoisotopic (exact) mass is 363 g/mol. The fraction of sp³-hybridized carbons (Fsp3) is 0.722. The van der Waals surface area contributed by atoms with Gasteiger partial charge in [-0.3, -0.25) is 14.5 Å². The number of hydrogen-bond donors (Lipinski definition) is 3. The molecule has 1 unspecified atom stereocenters. The van der Waals surface area contributed by atoms with Gasteiger partial charge < -0.3 is 20.9 Å². The number of guanidine groups is 1. The number of aromatic nitrogens is 2. The maximum atomic E-state index is 11.9. The van der Waals surface area contributed by atoms with Crippen molar-refractivity contribution in [2.45, 2.75) is 39.7 Å². The molecule has 2 heterocycles. The number of hydrogen-bond acceptors (Lipinski definition) is 4. The first-order chi connectivity index (χ1) is 12.3. The molecule has 0 aliphatic carbocycles. The summed E-state index contributed by atoms with van der Waals surface area (Å²) in [6, 6.07) is 0.333. The predicted octanol–water partition coefficient (Wildman–Crippen LogP) is 0.716. The molecule has 26 heavy (non-hydrogen) atoms. The van der Waals surface area contributed by atoms with Gasteiger partial charge in [-0.2, -0.15) is 5.10 Å². The van der Waals surface area contributed by atoms with Gasteiger partial charge in [0.25, 0.3) is 0 Å². The summed E-state index contributed by atoms with van der Waals surface area (Å²) in [5, 5.41) is 14.0. The third-order valence-corrected chi connectivity index (χ3v) is 4.43. The quantitative estimate of drug-likeness (QED) is 0.408. The second-order valence-electron chi connectivity index (χ2n) is 7.81. The van der Waals surface area contributed by atoms with E-state index < -0.39 is 0 Å². The topological polar surface area (TPSA) is 86.6 Å². The lowest BCUT2D eigenvalue weighted by atomic mass is 9.96. The lowest BCUT2D eigenvalue weighted by Crippen LogP contribution is -2.52. The molecule has 1 aliphatic rings. The van der Waals surface area contributed by atoms with Crippen molar-refractivity contribution < 1.29 is 4.79 Å². The van der Waals surface area contributed by atoms with Crippen molar-refractivity contribution >= 4 is 17.6 Å². The van der Waals surface area contributed by atoms with Crippen LogP contribution >= 0.6 is 0 Å². The van der Waals surface area contributed by atoms with E-state index in [-0.39, 0.29) is 11.3 Å². The van der Waals surface area contributed by atoms with Gasteiger partial charge in [-0.1, -0.05) is 20.8 Å². The van der Waals surface area contributed by atoms with Crippen LogP contribution < -0.4 is 20.9 Å². The molecule has 1 aromatic rings. The number of nitrogens with zero attached hydrogens (tertiary/aromatic N) is 4. The molecule has 0 spiro atoms. The number of nitrogens with one attached hydrogen (secondary N) is 3. The maximum Gasteiger partial charge on any atom is 0.225 e. The highest BCUT2D eigenvalue weighted by atomic mass is 16.2. The lowest BCUT2D eigenvalue weighted by Gasteiger charge is -2.34. The summed E-state index contributed by atoms with van der Waals surface area (Å²) in [5.41, 5.74) is 0.796. The number of carbonyl (C=O) groups is 1. The lowest BCUT2D eigenvalue weighted by molar-refractivity contribution is -0.128. The highest BCUT2D eigenvalue weighted by Crippen LogP contribution is 2.18. The van der Waals surface area contributed by atoms with Gasteiger partial charge in [0.1, 0.15) is 0 Å². The van der Waals surface area contributed by atoms with Crippen LogP contribution in [0.25, 0.3) is 0 Å². The van der Waals surface area contributed by atoms with E-state index in [1.54, 1.807) is 7.05 Å². The van der Waals surface area contributed by atoms with Gasteiger partial charge in [0.2, 0.25) is 5.91 Å². The average Bonchev–Trinajstić information content (AvgIpc) is 3.03. The van der Waals surface area contributed by atoms with Crippen LogP contribution in [-0.2, 0) is 11.8 Å². The first kappa shape index (κ1) is 20.1. The van der Waals surface area contributed by atoms with E-state index in [2.05, 4.69) is 30.9 Å². The number of carbonyl (C=O) groups excluding carboxylic acids is 1. The van der Waals surface area contributed by atoms with Gasteiger partial charge in [0.05, 0.1) is 11.9 Å². The first-order valence-electron chi connectivity index (χ1n) is 9.28. The Morgan fingerprint density at radius 3 is 2.69 bits per heavy atom. The van der Waals surface area contributed by atoms with Gasteiger partial charge in [0.15, 0.2) is 5.96 Å². The molecule has 8 nitrogen and oxygen atoms in total. The molecule has 1 amide bonds. The summed E-state index contributed by atoms with van der Waals surface area (Å²) >= 11 is 0. The Morgan fingerprint density at radius 1 is 1.35 bits per heavy atom. The van der Waals surface area contributed by atoms with E-state index in [0.717, 1.165) is 37.6 Å². The molecule has 3 N–H and O–H groups in total. The summed E-state index contributed by atoms with van der Waals surface area (Å²) in [6.45, 7) is 8.92. The number of aliphatic imine (C=N–C) groups is 1. The van der Waals surface area contributed by atoms with Crippen molar-refractivity contribution in [3.05, 3.63) is 12.4 Å². The smallest absolute Gasteiger partial charge is 0.225 e. The largest absolute Gasteiger partial charge is 0.367 e. The molecule has 2 rings (SSSR count). The number of amides is 1. The maximum absolute atomic E-state index is 11.9. The average molecular weight is 364 g/mol. The van der Waals surface area contributed by atoms with Crippen LogP contribution in [0.5, 0.6) is 0 Å². The van der Waals surface area contributed by atoms with Crippen molar-refractivity contribution in [1.82, 2.24) is 25.7 Å². The van der Waals surface area contributed by atoms with E-state index in [1.807, 2.05) is 44.9 Å². The standard InChI is InChI=1S/C18H33N7O/c1-18(2,3)16(26)20-8-9-21-17(19-4)23-14-7-6-10-25(12-14)15-11-22-24(5)13-15/h11,13-14H,6-10,12H2,1-5H3,(H,20,26)(H2,19,21,23). The minimum Gasteiger partial charge on any atom is -0.367 e. The molecule has 1 fully saturated rings. The number of aryl methyl sites for hydroxylation is 1. The van der Waals surface area contributed by atoms with E-state index in [1.165, 1.54) is 0 Å². The summed E-state index contributed by atoms with van der Waals surface area (Å²) in [7, 11) is 3.71. The third kappa shape index (κ3) is 5.93. The molecule has 0 bridgehead atoms. The van der Waals surface area contributed by atoms with Crippen molar-refractivity contribution in [2.75, 3.05) is 38.1 Å². The van der Waals surface area contributed by atoms with Crippen LogP contribution in [0, 0.1) is 5.41 Å². The van der Waals surface area contributed by atoms with Crippen LogP contribution in [0.1, 0.15) is 33.6 Å². The van der Waals surface area contributed by atoms with Gasteiger partial charge in [-0.15, -0.1) is 0 Å². The van der Waals surface area contributed by atoms with Crippen LogP contribution in [-0.4, -0.2) is 60.9 Å². The molecule has 0 aromatic carbocycles. The van der Waals surface area contributed by atoms with Crippen LogP contribution in [0.3, 0.4) is 0 Å². The Kier molecular flexibility index (Phi) is 6.88. The van der Waals surface area contributed by atoms with Gasteiger partial charge in [-0.05, 0) is 12.8 Å². The van der Waals surface area contributed by atoms with Gasteiger partial charge in [-0.25, -0.2) is 0 Å². The molecule has 1 saturated heterocycles. The Balaban J connectivity index is 1.76. The van der Waals surface area contributed by atoms with Crippen molar-refractivity contribution in [1.29, 1.82) is 0 Å². The zero-order valence-corrected chi connectivity index (χ0v) is 16.7. The minimum absolute atomic E-state index is 0.0571. The Morgan fingerprint density at radius 2 is 2.08 bits per heavy atom. The highest BCUT2D eigenvalue weighted by molar-refractivity contribution is 5.82. The fourth-order valence-corrected chi connectivity index (χ4v) is 2.91. The summed E-state index contributed by atoms with van der Waals surface area (Å²) in [5.74, 6) is 0.828. The van der Waals surface area contributed by atoms with E-state index in [4.69, 9.17) is 0 Å². The molecule has 1 atom stereocenters. The molecule has 146 valence electrons. The zero-order chi connectivity index (χ0) is 19.2. The van der Waals surface area contributed by atoms with Gasteiger partial charge >= 0.3 is 0 Å². The molecule has 0 radical (unpaired) electrons. The first-order valence-corrected chi connectivity index (χ1v) is 9.28. The van der Waals surface area contributed by atoms with E-state index in [9.17, 15) is 4.79 Å². The summed E-state index contributed by atoms with van der Waals surface area (Å²) in [6.07, 6.45) is 6.20. The Labute approximate surface area is 156 Å². The molecular formula is C18H33N7O. The predicted molar refractivity (Wildman–Crippen MR) is 105 cm³/mol. The second kappa shape index (κ2) is 8.91. The van der Waals surface area contributed by atoms with Crippen molar-refractivity contribution in [3.8, 4) is 0 Å². The van der Waals surface area contributed by atoms with Crippen LogP contribution in [0.15, 0.2) is 17.4 Å². The van der Waals surface area contributed by atoms with E-state index >= 15 is 0 Å². The van der Waals surface area contributed by atoms with Crippen LogP contribution in [0.2, 0.25) is 0 Å². The number of rotatable bonds is 5. The SMILES string of the molecule is CN=C(NCCNC(=O)C(C)(C)C)NC1CCCN(c2cnn(C)c2)C1. The second-order valence-corrected chi connectivity index (χ2v) is 7.81. The molecule has 8 heteroatoms. The molecular weight excluding hydrogens is 330 g/mol. The number of anilines is 1. The Bertz CT molecular complexity index is 617. The van der Waals surface area contributed by atoms with Crippen molar-refractivity contribution in [3.63, 3.8) is 0 Å². The zero-order valence-electron chi connectivity index (χ0n) is 16.7. The molecule has 0 saturated carbocycles. The summed E-state index contributed by atoms with van der Waals surface area (Å²) < 4.78 is 1.83. The third-order valence-electron chi connectivity index (χ3n) is 4.43.